The molecule has 3 heterocycles. The number of morpholine rings is 1. The molecule has 1 atom stereocenters. The van der Waals surface area contributed by atoms with E-state index < -0.39 is 0 Å². The van der Waals surface area contributed by atoms with Crippen molar-refractivity contribution in [2.75, 3.05) is 19.7 Å². The number of halogens is 2. The Morgan fingerprint density at radius 3 is 2.88 bits per heavy atom. The van der Waals surface area contributed by atoms with Crippen molar-refractivity contribution in [1.29, 1.82) is 0 Å². The first kappa shape index (κ1) is 19.7. The summed E-state index contributed by atoms with van der Waals surface area (Å²) in [6.45, 7) is 5.51. The second-order valence-electron chi connectivity index (χ2n) is 5.93. The predicted octanol–water partition coefficient (Wildman–Crippen LogP) is 3.24. The summed E-state index contributed by atoms with van der Waals surface area (Å²) in [5.74, 6) is 0.982. The first-order chi connectivity index (χ1) is 11.3. The highest BCUT2D eigenvalue weighted by Gasteiger charge is 2.18. The van der Waals surface area contributed by atoms with Gasteiger partial charge in [-0.15, -0.1) is 24.8 Å². The summed E-state index contributed by atoms with van der Waals surface area (Å²) >= 11 is 0. The quantitative estimate of drug-likeness (QED) is 0.757. The van der Waals surface area contributed by atoms with E-state index in [-0.39, 0.29) is 30.9 Å². The summed E-state index contributed by atoms with van der Waals surface area (Å²) in [5.41, 5.74) is 3.36. The number of hydrogen-bond donors (Lipinski definition) is 1. The summed E-state index contributed by atoms with van der Waals surface area (Å²) in [5, 5.41) is 4.52. The molecule has 2 aromatic heterocycles. The highest BCUT2D eigenvalue weighted by molar-refractivity contribution is 5.94. The molecule has 3 aromatic rings. The highest BCUT2D eigenvalue weighted by Crippen LogP contribution is 2.30. The van der Waals surface area contributed by atoms with Crippen LogP contribution in [0.5, 0.6) is 0 Å². The van der Waals surface area contributed by atoms with Gasteiger partial charge in [0, 0.05) is 42.6 Å². The van der Waals surface area contributed by atoms with E-state index in [1.165, 1.54) is 5.56 Å². The van der Waals surface area contributed by atoms with Gasteiger partial charge in [0.05, 0.1) is 24.8 Å². The number of hydrogen-bond acceptors (Lipinski definition) is 4. The maximum absolute atomic E-state index is 5.84. The molecule has 1 unspecified atom stereocenters. The minimum Gasteiger partial charge on any atom is -0.374 e. The lowest BCUT2D eigenvalue weighted by Crippen LogP contribution is -2.40. The fourth-order valence-corrected chi connectivity index (χ4v) is 3.20. The number of ether oxygens (including phenoxy) is 1. The number of fused-ring (bicyclic) bond motifs is 1. The van der Waals surface area contributed by atoms with Crippen LogP contribution in [0.1, 0.15) is 5.56 Å². The average molecular weight is 381 g/mol. The molecule has 1 fully saturated rings. The van der Waals surface area contributed by atoms with Crippen molar-refractivity contribution in [2.24, 2.45) is 0 Å². The SMILES string of the molecule is Cc1ccc2ncccc2c1-c1nccn1CC1CNCCO1.Cl.Cl. The van der Waals surface area contributed by atoms with Crippen LogP contribution in [0.25, 0.3) is 22.3 Å². The number of nitrogens with one attached hydrogen (secondary N) is 1. The first-order valence-corrected chi connectivity index (χ1v) is 8.01. The number of pyridine rings is 1. The van der Waals surface area contributed by atoms with Gasteiger partial charge >= 0.3 is 0 Å². The number of aromatic nitrogens is 3. The topological polar surface area (TPSA) is 52.0 Å². The largest absolute Gasteiger partial charge is 0.374 e. The van der Waals surface area contributed by atoms with Crippen LogP contribution in [0.3, 0.4) is 0 Å². The highest BCUT2D eigenvalue weighted by atomic mass is 35.5. The summed E-state index contributed by atoms with van der Waals surface area (Å²) in [6, 6.07) is 8.27. The zero-order chi connectivity index (χ0) is 15.6. The molecule has 4 rings (SSSR count). The molecule has 0 saturated carbocycles. The maximum Gasteiger partial charge on any atom is 0.140 e. The molecular weight excluding hydrogens is 359 g/mol. The third-order valence-electron chi connectivity index (χ3n) is 4.34. The molecule has 25 heavy (non-hydrogen) atoms. The van der Waals surface area contributed by atoms with Crippen LogP contribution in [-0.4, -0.2) is 40.3 Å². The summed E-state index contributed by atoms with van der Waals surface area (Å²) in [6.07, 6.45) is 5.91. The lowest BCUT2D eigenvalue weighted by molar-refractivity contribution is 0.0185. The molecule has 1 N–H and O–H groups in total. The molecule has 1 saturated heterocycles. The van der Waals surface area contributed by atoms with Crippen molar-refractivity contribution in [3.8, 4) is 11.4 Å². The third kappa shape index (κ3) is 3.96. The van der Waals surface area contributed by atoms with Gasteiger partial charge < -0.3 is 14.6 Å². The number of benzene rings is 1. The molecule has 1 aromatic carbocycles. The van der Waals surface area contributed by atoms with Crippen molar-refractivity contribution >= 4 is 35.7 Å². The molecular formula is C18H22Cl2N4O. The van der Waals surface area contributed by atoms with E-state index in [0.29, 0.717) is 0 Å². The average Bonchev–Trinajstić information content (AvgIpc) is 3.03. The molecule has 0 amide bonds. The maximum atomic E-state index is 5.84. The molecule has 0 bridgehead atoms. The Morgan fingerprint density at radius 2 is 2.08 bits per heavy atom. The van der Waals surface area contributed by atoms with Gasteiger partial charge in [0.25, 0.3) is 0 Å². The zero-order valence-electron chi connectivity index (χ0n) is 14.0. The Bertz CT molecular complexity index is 831. The Hall–Kier alpha value is -1.66. The fourth-order valence-electron chi connectivity index (χ4n) is 3.20. The number of aryl methyl sites for hydroxylation is 1. The fraction of sp³-hybridized carbons (Fsp3) is 0.333. The minimum atomic E-state index is 0. The zero-order valence-corrected chi connectivity index (χ0v) is 15.6. The van der Waals surface area contributed by atoms with Gasteiger partial charge in [0.1, 0.15) is 5.82 Å². The van der Waals surface area contributed by atoms with E-state index in [4.69, 9.17) is 4.74 Å². The van der Waals surface area contributed by atoms with Gasteiger partial charge in [-0.05, 0) is 24.6 Å². The second kappa shape index (κ2) is 8.63. The Kier molecular flexibility index (Phi) is 6.79. The lowest BCUT2D eigenvalue weighted by atomic mass is 10.0. The van der Waals surface area contributed by atoms with Gasteiger partial charge in [0.15, 0.2) is 0 Å². The molecule has 1 aliphatic heterocycles. The molecule has 5 nitrogen and oxygen atoms in total. The van der Waals surface area contributed by atoms with E-state index >= 15 is 0 Å². The summed E-state index contributed by atoms with van der Waals surface area (Å²) in [7, 11) is 0. The van der Waals surface area contributed by atoms with Crippen LogP contribution in [0.4, 0.5) is 0 Å². The van der Waals surface area contributed by atoms with E-state index in [2.05, 4.69) is 45.0 Å². The first-order valence-electron chi connectivity index (χ1n) is 8.01. The van der Waals surface area contributed by atoms with Crippen molar-refractivity contribution in [3.05, 3.63) is 48.4 Å². The van der Waals surface area contributed by atoms with E-state index in [1.54, 1.807) is 0 Å². The molecule has 7 heteroatoms. The van der Waals surface area contributed by atoms with Crippen molar-refractivity contribution in [3.63, 3.8) is 0 Å². The standard InChI is InChI=1S/C18H20N4O.2ClH/c1-13-4-5-16-15(3-2-6-20-16)17(13)18-21-7-9-22(18)12-14-11-19-8-10-23-14;;/h2-7,9,14,19H,8,10-12H2,1H3;2*1H. The van der Waals surface area contributed by atoms with Crippen LogP contribution in [0.2, 0.25) is 0 Å². The molecule has 0 spiro atoms. The van der Waals surface area contributed by atoms with E-state index in [1.807, 2.05) is 24.7 Å². The van der Waals surface area contributed by atoms with E-state index in [9.17, 15) is 0 Å². The second-order valence-corrected chi connectivity index (χ2v) is 5.93. The van der Waals surface area contributed by atoms with Crippen LogP contribution < -0.4 is 5.32 Å². The molecule has 0 aliphatic carbocycles. The monoisotopic (exact) mass is 380 g/mol. The van der Waals surface area contributed by atoms with Gasteiger partial charge in [-0.3, -0.25) is 4.98 Å². The van der Waals surface area contributed by atoms with Crippen molar-refractivity contribution in [1.82, 2.24) is 19.9 Å². The van der Waals surface area contributed by atoms with Gasteiger partial charge in [-0.25, -0.2) is 4.98 Å². The van der Waals surface area contributed by atoms with Crippen molar-refractivity contribution < 1.29 is 4.74 Å². The molecule has 0 radical (unpaired) electrons. The summed E-state index contributed by atoms with van der Waals surface area (Å²) < 4.78 is 8.02. The van der Waals surface area contributed by atoms with Crippen LogP contribution >= 0.6 is 24.8 Å². The number of imidazole rings is 1. The smallest absolute Gasteiger partial charge is 0.140 e. The van der Waals surface area contributed by atoms with Gasteiger partial charge in [-0.2, -0.15) is 0 Å². The number of nitrogens with zero attached hydrogens (tertiary/aromatic N) is 3. The lowest BCUT2D eigenvalue weighted by Gasteiger charge is -2.24. The van der Waals surface area contributed by atoms with E-state index in [0.717, 1.165) is 48.5 Å². The summed E-state index contributed by atoms with van der Waals surface area (Å²) in [4.78, 5) is 9.09. The van der Waals surface area contributed by atoms with Gasteiger partial charge in [-0.1, -0.05) is 12.1 Å². The predicted molar refractivity (Wildman–Crippen MR) is 105 cm³/mol. The van der Waals surface area contributed by atoms with Crippen LogP contribution in [-0.2, 0) is 11.3 Å². The minimum absolute atomic E-state index is 0. The van der Waals surface area contributed by atoms with Crippen molar-refractivity contribution in [2.45, 2.75) is 19.6 Å². The van der Waals surface area contributed by atoms with Crippen LogP contribution in [0.15, 0.2) is 42.9 Å². The number of rotatable bonds is 3. The van der Waals surface area contributed by atoms with Crippen LogP contribution in [0, 0.1) is 6.92 Å². The Balaban J connectivity index is 0.00000113. The third-order valence-corrected chi connectivity index (χ3v) is 4.34. The Morgan fingerprint density at radius 1 is 1.20 bits per heavy atom. The molecule has 134 valence electrons. The normalized spacial score (nSPS) is 16.9. The molecule has 1 aliphatic rings. The van der Waals surface area contributed by atoms with Gasteiger partial charge in [0.2, 0.25) is 0 Å². The Labute approximate surface area is 159 Å².